The second kappa shape index (κ2) is 5.51. The monoisotopic (exact) mass is 262 g/mol. The summed E-state index contributed by atoms with van der Waals surface area (Å²) >= 11 is 0. The summed E-state index contributed by atoms with van der Waals surface area (Å²) in [5.41, 5.74) is 2.06. The zero-order valence-corrected chi connectivity index (χ0v) is 12.1. The Kier molecular flexibility index (Phi) is 3.98. The van der Waals surface area contributed by atoms with Crippen LogP contribution in [0.1, 0.15) is 25.8 Å². The quantitative estimate of drug-likeness (QED) is 0.906. The average molecular weight is 262 g/mol. The predicted molar refractivity (Wildman–Crippen MR) is 76.6 cm³/mol. The second-order valence-corrected chi connectivity index (χ2v) is 5.39. The van der Waals surface area contributed by atoms with E-state index in [1.807, 2.05) is 46.0 Å². The van der Waals surface area contributed by atoms with Crippen LogP contribution in [0.4, 0.5) is 5.69 Å². The van der Waals surface area contributed by atoms with Crippen molar-refractivity contribution in [2.45, 2.75) is 39.3 Å². The van der Waals surface area contributed by atoms with Gasteiger partial charge in [0.15, 0.2) is 0 Å². The molecule has 1 fully saturated rings. The Balaban J connectivity index is 2.06. The van der Waals surface area contributed by atoms with Gasteiger partial charge in [-0.15, -0.1) is 0 Å². The third-order valence-corrected chi connectivity index (χ3v) is 3.31. The van der Waals surface area contributed by atoms with Crippen molar-refractivity contribution in [2.24, 2.45) is 0 Å². The van der Waals surface area contributed by atoms with Gasteiger partial charge in [-0.2, -0.15) is 0 Å². The lowest BCUT2D eigenvalue weighted by atomic mass is 10.1. The largest absolute Gasteiger partial charge is 0.491 e. The first-order valence-electron chi connectivity index (χ1n) is 6.76. The third kappa shape index (κ3) is 3.19. The molecule has 1 aromatic rings. The Hall–Kier alpha value is -1.71. The molecule has 2 rings (SSSR count). The van der Waals surface area contributed by atoms with Crippen molar-refractivity contribution >= 4 is 11.6 Å². The van der Waals surface area contributed by atoms with Crippen LogP contribution in [-0.2, 0) is 4.79 Å². The Morgan fingerprint density at radius 1 is 1.42 bits per heavy atom. The van der Waals surface area contributed by atoms with Gasteiger partial charge in [0.1, 0.15) is 11.8 Å². The number of nitrogens with one attached hydrogen (secondary N) is 1. The van der Waals surface area contributed by atoms with Gasteiger partial charge in [-0.25, -0.2) is 0 Å². The third-order valence-electron chi connectivity index (χ3n) is 3.31. The maximum atomic E-state index is 11.8. The number of anilines is 1. The molecule has 1 saturated heterocycles. The van der Waals surface area contributed by atoms with Crippen LogP contribution < -0.4 is 10.1 Å². The zero-order valence-electron chi connectivity index (χ0n) is 12.1. The van der Waals surface area contributed by atoms with Crippen molar-refractivity contribution in [3.05, 3.63) is 23.8 Å². The molecule has 0 aromatic heterocycles. The number of likely N-dealkylation sites (N-methyl/N-ethyl adjacent to an activating group) is 1. The van der Waals surface area contributed by atoms with Gasteiger partial charge in [-0.05, 0) is 51.0 Å². The van der Waals surface area contributed by atoms with Crippen LogP contribution in [0.25, 0.3) is 0 Å². The maximum Gasteiger partial charge on any atom is 0.244 e. The molecular weight excluding hydrogens is 240 g/mol. The summed E-state index contributed by atoms with van der Waals surface area (Å²) in [6.07, 6.45) is 1.03. The molecular formula is C15H22N2O2. The highest BCUT2D eigenvalue weighted by molar-refractivity contribution is 5.86. The number of ether oxygens (including phenoxy) is 1. The van der Waals surface area contributed by atoms with E-state index in [-0.39, 0.29) is 18.1 Å². The van der Waals surface area contributed by atoms with Crippen molar-refractivity contribution in [3.63, 3.8) is 0 Å². The lowest BCUT2D eigenvalue weighted by molar-refractivity contribution is -0.127. The van der Waals surface area contributed by atoms with Gasteiger partial charge in [-0.3, -0.25) is 4.79 Å². The van der Waals surface area contributed by atoms with E-state index in [0.29, 0.717) is 0 Å². The number of likely N-dealkylation sites (tertiary alicyclic amines) is 1. The summed E-state index contributed by atoms with van der Waals surface area (Å²) < 4.78 is 5.71. The smallest absolute Gasteiger partial charge is 0.244 e. The van der Waals surface area contributed by atoms with Gasteiger partial charge in [0.2, 0.25) is 5.91 Å². The number of hydrogen-bond donors (Lipinski definition) is 1. The summed E-state index contributed by atoms with van der Waals surface area (Å²) in [6.45, 7) is 6.87. The van der Waals surface area contributed by atoms with Crippen LogP contribution in [0.15, 0.2) is 18.2 Å². The van der Waals surface area contributed by atoms with E-state index in [2.05, 4.69) is 5.32 Å². The van der Waals surface area contributed by atoms with Crippen molar-refractivity contribution < 1.29 is 9.53 Å². The van der Waals surface area contributed by atoms with E-state index in [4.69, 9.17) is 4.74 Å². The van der Waals surface area contributed by atoms with E-state index in [1.165, 1.54) is 0 Å². The van der Waals surface area contributed by atoms with E-state index in [1.54, 1.807) is 4.90 Å². The van der Waals surface area contributed by atoms with Gasteiger partial charge in [0.05, 0.1) is 6.10 Å². The van der Waals surface area contributed by atoms with Crippen LogP contribution in [0.2, 0.25) is 0 Å². The highest BCUT2D eigenvalue weighted by atomic mass is 16.5. The van der Waals surface area contributed by atoms with E-state index in [9.17, 15) is 4.79 Å². The van der Waals surface area contributed by atoms with Crippen LogP contribution in [-0.4, -0.2) is 36.5 Å². The summed E-state index contributed by atoms with van der Waals surface area (Å²) in [5.74, 6) is 1.07. The number of benzene rings is 1. The number of aryl methyl sites for hydroxylation is 1. The molecule has 1 atom stereocenters. The van der Waals surface area contributed by atoms with Gasteiger partial charge in [0.25, 0.3) is 0 Å². The molecule has 4 nitrogen and oxygen atoms in total. The van der Waals surface area contributed by atoms with Gasteiger partial charge < -0.3 is 15.0 Å². The molecule has 0 radical (unpaired) electrons. The molecule has 0 spiro atoms. The number of carbonyl (C=O) groups excluding carboxylic acids is 1. The molecule has 4 heteroatoms. The Bertz CT molecular complexity index is 471. The minimum Gasteiger partial charge on any atom is -0.491 e. The Labute approximate surface area is 114 Å². The van der Waals surface area contributed by atoms with E-state index in [0.717, 1.165) is 30.0 Å². The number of rotatable bonds is 4. The molecule has 1 amide bonds. The highest BCUT2D eigenvalue weighted by Crippen LogP contribution is 2.24. The molecule has 0 saturated carbocycles. The summed E-state index contributed by atoms with van der Waals surface area (Å²) in [5, 5.41) is 3.30. The van der Waals surface area contributed by atoms with Crippen molar-refractivity contribution in [3.8, 4) is 5.75 Å². The first-order valence-corrected chi connectivity index (χ1v) is 6.76. The lowest BCUT2D eigenvalue weighted by Crippen LogP contribution is -2.30. The summed E-state index contributed by atoms with van der Waals surface area (Å²) in [6, 6.07) is 5.86. The van der Waals surface area contributed by atoms with Gasteiger partial charge >= 0.3 is 0 Å². The van der Waals surface area contributed by atoms with Crippen LogP contribution in [0.3, 0.4) is 0 Å². The van der Waals surface area contributed by atoms with E-state index >= 15 is 0 Å². The van der Waals surface area contributed by atoms with Gasteiger partial charge in [-0.1, -0.05) is 0 Å². The fourth-order valence-corrected chi connectivity index (χ4v) is 2.28. The first-order chi connectivity index (χ1) is 8.97. The van der Waals surface area contributed by atoms with Gasteiger partial charge in [0, 0.05) is 19.3 Å². The zero-order chi connectivity index (χ0) is 14.0. The molecule has 104 valence electrons. The Morgan fingerprint density at radius 2 is 2.16 bits per heavy atom. The van der Waals surface area contributed by atoms with Crippen molar-refractivity contribution in [1.29, 1.82) is 0 Å². The minimum absolute atomic E-state index is 0.0960. The fraction of sp³-hybridized carbons (Fsp3) is 0.533. The standard InChI is InChI=1S/C15H22N2O2/c1-10(2)19-14-6-5-12(9-11(14)3)16-13-7-8-17(4)15(13)18/h5-6,9-10,13,16H,7-8H2,1-4H3. The van der Waals surface area contributed by atoms with Crippen LogP contribution in [0.5, 0.6) is 5.75 Å². The van der Waals surface area contributed by atoms with Crippen LogP contribution in [0, 0.1) is 6.92 Å². The predicted octanol–water partition coefficient (Wildman–Crippen LogP) is 2.42. The topological polar surface area (TPSA) is 41.6 Å². The van der Waals surface area contributed by atoms with Crippen molar-refractivity contribution in [2.75, 3.05) is 18.9 Å². The van der Waals surface area contributed by atoms with Crippen LogP contribution >= 0.6 is 0 Å². The van der Waals surface area contributed by atoms with Crippen molar-refractivity contribution in [1.82, 2.24) is 4.90 Å². The summed E-state index contributed by atoms with van der Waals surface area (Å²) in [4.78, 5) is 13.6. The normalized spacial score (nSPS) is 19.1. The molecule has 1 N–H and O–H groups in total. The summed E-state index contributed by atoms with van der Waals surface area (Å²) in [7, 11) is 1.84. The first kappa shape index (κ1) is 13.7. The lowest BCUT2D eigenvalue weighted by Gasteiger charge is -2.16. The molecule has 1 aliphatic heterocycles. The molecule has 0 bridgehead atoms. The highest BCUT2D eigenvalue weighted by Gasteiger charge is 2.28. The number of amides is 1. The second-order valence-electron chi connectivity index (χ2n) is 5.39. The number of hydrogen-bond acceptors (Lipinski definition) is 3. The number of carbonyl (C=O) groups is 1. The Morgan fingerprint density at radius 3 is 2.68 bits per heavy atom. The minimum atomic E-state index is -0.0960. The molecule has 0 aliphatic carbocycles. The van der Waals surface area contributed by atoms with E-state index < -0.39 is 0 Å². The maximum absolute atomic E-state index is 11.8. The number of nitrogens with zero attached hydrogens (tertiary/aromatic N) is 1. The molecule has 1 unspecified atom stereocenters. The molecule has 1 heterocycles. The SMILES string of the molecule is Cc1cc(NC2CCN(C)C2=O)ccc1OC(C)C. The fourth-order valence-electron chi connectivity index (χ4n) is 2.28. The molecule has 1 aromatic carbocycles. The average Bonchev–Trinajstić information content (AvgIpc) is 2.64. The molecule has 19 heavy (non-hydrogen) atoms. The molecule has 1 aliphatic rings.